The van der Waals surface area contributed by atoms with E-state index < -0.39 is 0 Å². The third kappa shape index (κ3) is 4.75. The zero-order valence-electron chi connectivity index (χ0n) is 17.8. The molecule has 2 N–H and O–H groups in total. The number of para-hydroxylation sites is 2. The number of amides is 2. The maximum absolute atomic E-state index is 13.0. The lowest BCUT2D eigenvalue weighted by molar-refractivity contribution is 0.0955. The SMILES string of the molecule is Cc1c(C(=O)Nc2ccccc2C(=O)NCCc2ccccc2)cnn1-c1ccccc1. The summed E-state index contributed by atoms with van der Waals surface area (Å²) in [6.45, 7) is 2.35. The molecule has 0 aliphatic rings. The van der Waals surface area contributed by atoms with Crippen LogP contribution in [0, 0.1) is 6.92 Å². The number of anilines is 1. The highest BCUT2D eigenvalue weighted by Gasteiger charge is 2.18. The lowest BCUT2D eigenvalue weighted by atomic mass is 10.1. The Hall–Kier alpha value is -4.19. The Morgan fingerprint density at radius 2 is 1.47 bits per heavy atom. The van der Waals surface area contributed by atoms with E-state index in [1.54, 1.807) is 35.1 Å². The van der Waals surface area contributed by atoms with Crippen LogP contribution in [0.15, 0.2) is 91.1 Å². The molecule has 0 unspecified atom stereocenters. The molecule has 160 valence electrons. The summed E-state index contributed by atoms with van der Waals surface area (Å²) in [5.74, 6) is -0.539. The molecular weight excluding hydrogens is 400 g/mol. The van der Waals surface area contributed by atoms with E-state index in [4.69, 9.17) is 0 Å². The summed E-state index contributed by atoms with van der Waals surface area (Å²) in [6.07, 6.45) is 2.28. The van der Waals surface area contributed by atoms with Crippen LogP contribution in [0.4, 0.5) is 5.69 Å². The Bertz CT molecular complexity index is 1220. The predicted molar refractivity (Wildman–Crippen MR) is 125 cm³/mol. The van der Waals surface area contributed by atoms with Gasteiger partial charge in [-0.3, -0.25) is 9.59 Å². The topological polar surface area (TPSA) is 76.0 Å². The molecule has 1 heterocycles. The average Bonchev–Trinajstić information content (AvgIpc) is 3.22. The van der Waals surface area contributed by atoms with Gasteiger partial charge in [0.2, 0.25) is 0 Å². The van der Waals surface area contributed by atoms with Crippen molar-refractivity contribution in [2.24, 2.45) is 0 Å². The fourth-order valence-corrected chi connectivity index (χ4v) is 3.50. The number of hydrogen-bond donors (Lipinski definition) is 2. The van der Waals surface area contributed by atoms with Crippen LogP contribution >= 0.6 is 0 Å². The maximum atomic E-state index is 13.0. The van der Waals surface area contributed by atoms with Gasteiger partial charge in [0.05, 0.1) is 34.4 Å². The second-order valence-electron chi connectivity index (χ2n) is 7.38. The number of benzene rings is 3. The van der Waals surface area contributed by atoms with Crippen LogP contribution in [0.1, 0.15) is 32.0 Å². The second kappa shape index (κ2) is 9.75. The molecule has 0 saturated carbocycles. The van der Waals surface area contributed by atoms with Crippen LogP contribution in [-0.4, -0.2) is 28.1 Å². The van der Waals surface area contributed by atoms with Crippen LogP contribution in [0.3, 0.4) is 0 Å². The van der Waals surface area contributed by atoms with Gasteiger partial charge in [-0.25, -0.2) is 4.68 Å². The van der Waals surface area contributed by atoms with Crippen molar-refractivity contribution in [1.29, 1.82) is 0 Å². The van der Waals surface area contributed by atoms with E-state index in [1.807, 2.05) is 67.6 Å². The summed E-state index contributed by atoms with van der Waals surface area (Å²) in [5, 5.41) is 10.2. The minimum absolute atomic E-state index is 0.228. The molecule has 0 saturated heterocycles. The molecule has 0 atom stereocenters. The van der Waals surface area contributed by atoms with Crippen molar-refractivity contribution in [1.82, 2.24) is 15.1 Å². The Morgan fingerprint density at radius 3 is 2.22 bits per heavy atom. The first kappa shape index (κ1) is 21.1. The third-order valence-electron chi connectivity index (χ3n) is 5.22. The van der Waals surface area contributed by atoms with Gasteiger partial charge in [0.1, 0.15) is 0 Å². The molecule has 0 aliphatic carbocycles. The summed E-state index contributed by atoms with van der Waals surface area (Å²) in [7, 11) is 0. The van der Waals surface area contributed by atoms with Crippen LogP contribution in [0.5, 0.6) is 0 Å². The molecule has 0 fully saturated rings. The van der Waals surface area contributed by atoms with Gasteiger partial charge in [0.15, 0.2) is 0 Å². The van der Waals surface area contributed by atoms with Crippen LogP contribution < -0.4 is 10.6 Å². The van der Waals surface area contributed by atoms with Crippen LogP contribution in [-0.2, 0) is 6.42 Å². The first-order valence-corrected chi connectivity index (χ1v) is 10.5. The second-order valence-corrected chi connectivity index (χ2v) is 7.38. The molecule has 6 heteroatoms. The van der Waals surface area contributed by atoms with Gasteiger partial charge < -0.3 is 10.6 Å². The zero-order valence-corrected chi connectivity index (χ0v) is 17.8. The number of nitrogens with one attached hydrogen (secondary N) is 2. The van der Waals surface area contributed by atoms with Crippen molar-refractivity contribution in [3.05, 3.63) is 114 Å². The summed E-state index contributed by atoms with van der Waals surface area (Å²) >= 11 is 0. The van der Waals surface area contributed by atoms with Gasteiger partial charge in [0.25, 0.3) is 11.8 Å². The minimum atomic E-state index is -0.311. The first-order chi connectivity index (χ1) is 15.6. The standard InChI is InChI=1S/C26H24N4O2/c1-19-23(18-28-30(19)21-12-6-3-7-13-21)26(32)29-24-15-9-8-14-22(24)25(31)27-17-16-20-10-4-2-5-11-20/h2-15,18H,16-17H2,1H3,(H,27,31)(H,29,32). The summed E-state index contributed by atoms with van der Waals surface area (Å²) in [5.41, 5.74) is 4.08. The lowest BCUT2D eigenvalue weighted by Gasteiger charge is -2.12. The molecule has 32 heavy (non-hydrogen) atoms. The first-order valence-electron chi connectivity index (χ1n) is 10.5. The summed E-state index contributed by atoms with van der Waals surface area (Å²) in [6, 6.07) is 26.6. The molecule has 1 aromatic heterocycles. The number of aromatic nitrogens is 2. The molecule has 2 amide bonds. The molecular formula is C26H24N4O2. The summed E-state index contributed by atoms with van der Waals surface area (Å²) < 4.78 is 1.72. The fourth-order valence-electron chi connectivity index (χ4n) is 3.50. The molecule has 0 bridgehead atoms. The molecule has 6 nitrogen and oxygen atoms in total. The largest absolute Gasteiger partial charge is 0.352 e. The van der Waals surface area contributed by atoms with Crippen molar-refractivity contribution >= 4 is 17.5 Å². The van der Waals surface area contributed by atoms with Crippen LogP contribution in [0.2, 0.25) is 0 Å². The molecule has 0 aliphatic heterocycles. The smallest absolute Gasteiger partial charge is 0.259 e. The van der Waals surface area contributed by atoms with Crippen molar-refractivity contribution in [3.63, 3.8) is 0 Å². The van der Waals surface area contributed by atoms with Crippen molar-refractivity contribution in [2.45, 2.75) is 13.3 Å². The van der Waals surface area contributed by atoms with Crippen molar-refractivity contribution in [3.8, 4) is 5.69 Å². The highest BCUT2D eigenvalue weighted by Crippen LogP contribution is 2.19. The van der Waals surface area contributed by atoms with Gasteiger partial charge in [0, 0.05) is 6.54 Å². The van der Waals surface area contributed by atoms with Gasteiger partial charge in [-0.1, -0.05) is 60.7 Å². The molecule has 0 spiro atoms. The van der Waals surface area contributed by atoms with E-state index in [-0.39, 0.29) is 11.8 Å². The fraction of sp³-hybridized carbons (Fsp3) is 0.115. The van der Waals surface area contributed by atoms with E-state index in [2.05, 4.69) is 15.7 Å². The quantitative estimate of drug-likeness (QED) is 0.462. The van der Waals surface area contributed by atoms with E-state index in [1.165, 1.54) is 0 Å². The van der Waals surface area contributed by atoms with Gasteiger partial charge in [-0.2, -0.15) is 5.10 Å². The molecule has 3 aromatic carbocycles. The predicted octanol–water partition coefficient (Wildman–Crippen LogP) is 4.41. The molecule has 4 aromatic rings. The highest BCUT2D eigenvalue weighted by molar-refractivity contribution is 6.09. The number of carbonyl (C=O) groups excluding carboxylic acids is 2. The monoisotopic (exact) mass is 424 g/mol. The van der Waals surface area contributed by atoms with E-state index in [9.17, 15) is 9.59 Å². The maximum Gasteiger partial charge on any atom is 0.259 e. The summed E-state index contributed by atoms with van der Waals surface area (Å²) in [4.78, 5) is 25.7. The number of carbonyl (C=O) groups is 2. The highest BCUT2D eigenvalue weighted by atomic mass is 16.2. The van der Waals surface area contributed by atoms with Crippen molar-refractivity contribution in [2.75, 3.05) is 11.9 Å². The van der Waals surface area contributed by atoms with Crippen molar-refractivity contribution < 1.29 is 9.59 Å². The van der Waals surface area contributed by atoms with Gasteiger partial charge >= 0.3 is 0 Å². The van der Waals surface area contributed by atoms with Gasteiger partial charge in [-0.05, 0) is 43.2 Å². The van der Waals surface area contributed by atoms with Gasteiger partial charge in [-0.15, -0.1) is 0 Å². The van der Waals surface area contributed by atoms with E-state index in [0.717, 1.165) is 23.4 Å². The average molecular weight is 425 g/mol. The molecule has 0 radical (unpaired) electrons. The lowest BCUT2D eigenvalue weighted by Crippen LogP contribution is -2.27. The van der Waals surface area contributed by atoms with E-state index >= 15 is 0 Å². The Kier molecular flexibility index (Phi) is 6.41. The van der Waals surface area contributed by atoms with Crippen LogP contribution in [0.25, 0.3) is 5.69 Å². The van der Waals surface area contributed by atoms with E-state index in [0.29, 0.717) is 23.4 Å². The third-order valence-corrected chi connectivity index (χ3v) is 5.22. The minimum Gasteiger partial charge on any atom is -0.352 e. The Balaban J connectivity index is 1.45. The Labute approximate surface area is 186 Å². The number of nitrogens with zero attached hydrogens (tertiary/aromatic N) is 2. The number of rotatable bonds is 7. The zero-order chi connectivity index (χ0) is 22.3. The molecule has 4 rings (SSSR count). The Morgan fingerprint density at radius 1 is 0.812 bits per heavy atom. The number of hydrogen-bond acceptors (Lipinski definition) is 3. The normalized spacial score (nSPS) is 10.5.